The standard InChI is InChI=1S/C11H16N2O3/c1-8-12-7-10(11(14)15)13(8)5-4-9-3-2-6-16-9/h7,9H,2-6H2,1H3,(H,14,15). The van der Waals surface area contributed by atoms with E-state index in [2.05, 4.69) is 4.98 Å². The highest BCUT2D eigenvalue weighted by Gasteiger charge is 2.18. The molecule has 5 nitrogen and oxygen atoms in total. The first kappa shape index (κ1) is 11.1. The Labute approximate surface area is 94.1 Å². The molecule has 0 saturated carbocycles. The van der Waals surface area contributed by atoms with Crippen LogP contribution in [0.5, 0.6) is 0 Å². The van der Waals surface area contributed by atoms with Crippen molar-refractivity contribution in [1.29, 1.82) is 0 Å². The van der Waals surface area contributed by atoms with E-state index in [1.165, 1.54) is 6.20 Å². The maximum absolute atomic E-state index is 10.9. The molecule has 88 valence electrons. The van der Waals surface area contributed by atoms with Gasteiger partial charge in [-0.25, -0.2) is 9.78 Å². The molecule has 1 N–H and O–H groups in total. The van der Waals surface area contributed by atoms with Gasteiger partial charge in [0.05, 0.1) is 12.3 Å². The smallest absolute Gasteiger partial charge is 0.354 e. The van der Waals surface area contributed by atoms with Crippen molar-refractivity contribution < 1.29 is 14.6 Å². The Kier molecular flexibility index (Phi) is 3.24. The van der Waals surface area contributed by atoms with E-state index in [4.69, 9.17) is 9.84 Å². The first-order valence-electron chi connectivity index (χ1n) is 5.55. The summed E-state index contributed by atoms with van der Waals surface area (Å²) in [5.41, 5.74) is 0.260. The molecule has 0 aromatic carbocycles. The lowest BCUT2D eigenvalue weighted by Crippen LogP contribution is -2.15. The van der Waals surface area contributed by atoms with Crippen LogP contribution >= 0.6 is 0 Å². The Morgan fingerprint density at radius 2 is 2.56 bits per heavy atom. The summed E-state index contributed by atoms with van der Waals surface area (Å²) in [4.78, 5) is 15.0. The second kappa shape index (κ2) is 4.65. The SMILES string of the molecule is Cc1ncc(C(=O)O)n1CCC1CCCO1. The predicted molar refractivity (Wildman–Crippen MR) is 57.5 cm³/mol. The fourth-order valence-corrected chi connectivity index (χ4v) is 2.07. The molecule has 5 heteroatoms. The maximum Gasteiger partial charge on any atom is 0.354 e. The Morgan fingerprint density at radius 1 is 1.75 bits per heavy atom. The topological polar surface area (TPSA) is 64.3 Å². The van der Waals surface area contributed by atoms with E-state index in [1.54, 1.807) is 4.57 Å². The van der Waals surface area contributed by atoms with Crippen molar-refractivity contribution in [3.05, 3.63) is 17.7 Å². The molecule has 1 saturated heterocycles. The lowest BCUT2D eigenvalue weighted by molar-refractivity contribution is 0.0679. The average Bonchev–Trinajstić information content (AvgIpc) is 2.84. The van der Waals surface area contributed by atoms with Crippen LogP contribution < -0.4 is 0 Å². The molecule has 0 radical (unpaired) electrons. The minimum absolute atomic E-state index is 0.260. The fraction of sp³-hybridized carbons (Fsp3) is 0.636. The van der Waals surface area contributed by atoms with E-state index in [0.717, 1.165) is 31.7 Å². The molecule has 1 aliphatic heterocycles. The number of aromatic nitrogens is 2. The molecule has 2 heterocycles. The van der Waals surface area contributed by atoms with Crippen molar-refractivity contribution in [2.24, 2.45) is 0 Å². The van der Waals surface area contributed by atoms with Gasteiger partial charge < -0.3 is 14.4 Å². The molecule has 0 amide bonds. The summed E-state index contributed by atoms with van der Waals surface area (Å²) in [6, 6.07) is 0. The zero-order chi connectivity index (χ0) is 11.5. The number of nitrogens with zero attached hydrogens (tertiary/aromatic N) is 2. The number of ether oxygens (including phenoxy) is 1. The van der Waals surface area contributed by atoms with Gasteiger partial charge >= 0.3 is 5.97 Å². The fourth-order valence-electron chi connectivity index (χ4n) is 2.07. The molecule has 1 unspecified atom stereocenters. The number of imidazole rings is 1. The maximum atomic E-state index is 10.9. The summed E-state index contributed by atoms with van der Waals surface area (Å²) in [5.74, 6) is -0.177. The quantitative estimate of drug-likeness (QED) is 0.840. The number of rotatable bonds is 4. The molecule has 2 rings (SSSR count). The van der Waals surface area contributed by atoms with Crippen LogP contribution in [-0.2, 0) is 11.3 Å². The highest BCUT2D eigenvalue weighted by molar-refractivity contribution is 5.85. The molecule has 0 aliphatic carbocycles. The van der Waals surface area contributed by atoms with Gasteiger partial charge in [0.1, 0.15) is 11.5 Å². The van der Waals surface area contributed by atoms with Crippen LogP contribution in [0, 0.1) is 6.92 Å². The third kappa shape index (κ3) is 2.24. The predicted octanol–water partition coefficient (Wildman–Crippen LogP) is 1.46. The van der Waals surface area contributed by atoms with Crippen LogP contribution in [0.15, 0.2) is 6.20 Å². The molecule has 0 spiro atoms. The van der Waals surface area contributed by atoms with E-state index >= 15 is 0 Å². The summed E-state index contributed by atoms with van der Waals surface area (Å²) in [6.45, 7) is 3.32. The zero-order valence-corrected chi connectivity index (χ0v) is 9.35. The highest BCUT2D eigenvalue weighted by Crippen LogP contribution is 2.17. The van der Waals surface area contributed by atoms with Gasteiger partial charge in [-0.05, 0) is 26.2 Å². The van der Waals surface area contributed by atoms with Gasteiger partial charge in [-0.1, -0.05) is 0 Å². The molecule has 1 aliphatic rings. The van der Waals surface area contributed by atoms with Crippen LogP contribution in [0.4, 0.5) is 0 Å². The number of hydrogen-bond acceptors (Lipinski definition) is 3. The first-order valence-corrected chi connectivity index (χ1v) is 5.55. The molecule has 1 fully saturated rings. The second-order valence-corrected chi connectivity index (χ2v) is 4.07. The van der Waals surface area contributed by atoms with E-state index in [9.17, 15) is 4.79 Å². The molecular weight excluding hydrogens is 208 g/mol. The molecule has 1 atom stereocenters. The number of aryl methyl sites for hydroxylation is 1. The van der Waals surface area contributed by atoms with Crippen molar-refractivity contribution in [3.8, 4) is 0 Å². The van der Waals surface area contributed by atoms with Gasteiger partial charge in [0.25, 0.3) is 0 Å². The molecular formula is C11H16N2O3. The molecule has 0 bridgehead atoms. The normalized spacial score (nSPS) is 20.2. The summed E-state index contributed by atoms with van der Waals surface area (Å²) in [6.07, 6.45) is 4.74. The average molecular weight is 224 g/mol. The lowest BCUT2D eigenvalue weighted by atomic mass is 10.2. The largest absolute Gasteiger partial charge is 0.477 e. The zero-order valence-electron chi connectivity index (χ0n) is 9.35. The van der Waals surface area contributed by atoms with Crippen LogP contribution in [0.3, 0.4) is 0 Å². The van der Waals surface area contributed by atoms with Gasteiger partial charge in [-0.15, -0.1) is 0 Å². The first-order chi connectivity index (χ1) is 7.68. The Hall–Kier alpha value is -1.36. The summed E-state index contributed by atoms with van der Waals surface area (Å²) in [5, 5.41) is 8.98. The number of carboxylic acid groups (broad SMARTS) is 1. The van der Waals surface area contributed by atoms with E-state index < -0.39 is 5.97 Å². The summed E-state index contributed by atoms with van der Waals surface area (Å²) < 4.78 is 7.25. The van der Waals surface area contributed by atoms with E-state index in [0.29, 0.717) is 6.54 Å². The van der Waals surface area contributed by atoms with Crippen LogP contribution in [0.2, 0.25) is 0 Å². The third-order valence-electron chi connectivity index (χ3n) is 2.97. The summed E-state index contributed by atoms with van der Waals surface area (Å²) in [7, 11) is 0. The lowest BCUT2D eigenvalue weighted by Gasteiger charge is -2.12. The molecule has 16 heavy (non-hydrogen) atoms. The number of carboxylic acids is 1. The number of carbonyl (C=O) groups is 1. The highest BCUT2D eigenvalue weighted by atomic mass is 16.5. The minimum Gasteiger partial charge on any atom is -0.477 e. The van der Waals surface area contributed by atoms with Crippen molar-refractivity contribution in [3.63, 3.8) is 0 Å². The number of aromatic carboxylic acids is 1. The van der Waals surface area contributed by atoms with E-state index in [1.807, 2.05) is 6.92 Å². The third-order valence-corrected chi connectivity index (χ3v) is 2.97. The Balaban J connectivity index is 2.02. The van der Waals surface area contributed by atoms with Crippen LogP contribution in [0.25, 0.3) is 0 Å². The second-order valence-electron chi connectivity index (χ2n) is 4.07. The van der Waals surface area contributed by atoms with Crippen LogP contribution in [-0.4, -0.2) is 33.3 Å². The molecule has 1 aromatic heterocycles. The van der Waals surface area contributed by atoms with E-state index in [-0.39, 0.29) is 11.8 Å². The van der Waals surface area contributed by atoms with Crippen molar-refractivity contribution >= 4 is 5.97 Å². The number of hydrogen-bond donors (Lipinski definition) is 1. The van der Waals surface area contributed by atoms with Gasteiger partial charge in [-0.3, -0.25) is 0 Å². The van der Waals surface area contributed by atoms with Crippen LogP contribution in [0.1, 0.15) is 35.6 Å². The van der Waals surface area contributed by atoms with Crippen molar-refractivity contribution in [2.45, 2.75) is 38.8 Å². The van der Waals surface area contributed by atoms with Gasteiger partial charge in [0, 0.05) is 13.2 Å². The summed E-state index contributed by atoms with van der Waals surface area (Å²) >= 11 is 0. The van der Waals surface area contributed by atoms with Gasteiger partial charge in [0.2, 0.25) is 0 Å². The van der Waals surface area contributed by atoms with Gasteiger partial charge in [0.15, 0.2) is 0 Å². The molecule has 1 aromatic rings. The van der Waals surface area contributed by atoms with Crippen molar-refractivity contribution in [2.75, 3.05) is 6.61 Å². The Morgan fingerprint density at radius 3 is 3.19 bits per heavy atom. The van der Waals surface area contributed by atoms with Crippen molar-refractivity contribution in [1.82, 2.24) is 9.55 Å². The Bertz CT molecular complexity index is 381. The minimum atomic E-state index is -0.923. The van der Waals surface area contributed by atoms with Gasteiger partial charge in [-0.2, -0.15) is 0 Å². The monoisotopic (exact) mass is 224 g/mol.